The van der Waals surface area contributed by atoms with E-state index >= 15 is 0 Å². The number of hydrogen-bond acceptors (Lipinski definition) is 5. The number of nitrogens with one attached hydrogen (secondary N) is 1. The number of para-hydroxylation sites is 1. The van der Waals surface area contributed by atoms with Gasteiger partial charge < -0.3 is 10.1 Å². The zero-order valence-corrected chi connectivity index (χ0v) is 12.9. The SMILES string of the molecule is O=Cc1ccc(OCC(=O)Nc2ccccc2C(F)(F)F)c([N+](=O)[O-])c1. The van der Waals surface area contributed by atoms with E-state index in [-0.39, 0.29) is 11.3 Å². The molecule has 7 nitrogen and oxygen atoms in total. The van der Waals surface area contributed by atoms with Crippen molar-refractivity contribution in [3.8, 4) is 5.75 Å². The largest absolute Gasteiger partial charge is 0.477 e. The molecule has 0 unspecified atom stereocenters. The number of nitro groups is 1. The number of nitro benzene ring substituents is 1. The van der Waals surface area contributed by atoms with Crippen LogP contribution in [0.2, 0.25) is 0 Å². The highest BCUT2D eigenvalue weighted by atomic mass is 19.4. The van der Waals surface area contributed by atoms with Crippen molar-refractivity contribution in [3.63, 3.8) is 0 Å². The van der Waals surface area contributed by atoms with Crippen molar-refractivity contribution in [2.24, 2.45) is 0 Å². The molecule has 0 aliphatic carbocycles. The van der Waals surface area contributed by atoms with Gasteiger partial charge in [0.25, 0.3) is 5.91 Å². The van der Waals surface area contributed by atoms with Gasteiger partial charge in [0.05, 0.1) is 16.2 Å². The summed E-state index contributed by atoms with van der Waals surface area (Å²) in [5.41, 5.74) is -2.00. The van der Waals surface area contributed by atoms with Crippen molar-refractivity contribution < 1.29 is 32.4 Å². The molecule has 2 rings (SSSR count). The molecule has 1 N–H and O–H groups in total. The number of amides is 1. The lowest BCUT2D eigenvalue weighted by molar-refractivity contribution is -0.385. The van der Waals surface area contributed by atoms with Gasteiger partial charge in [-0.05, 0) is 24.3 Å². The number of nitrogens with zero attached hydrogens (tertiary/aromatic N) is 1. The van der Waals surface area contributed by atoms with Crippen molar-refractivity contribution in [1.29, 1.82) is 0 Å². The molecule has 0 heterocycles. The number of benzene rings is 2. The number of carbonyl (C=O) groups excluding carboxylic acids is 2. The number of carbonyl (C=O) groups is 2. The molecule has 0 bridgehead atoms. The first-order chi connectivity index (χ1) is 12.2. The van der Waals surface area contributed by atoms with Crippen LogP contribution >= 0.6 is 0 Å². The van der Waals surface area contributed by atoms with Gasteiger partial charge in [0.15, 0.2) is 12.4 Å². The number of hydrogen-bond donors (Lipinski definition) is 1. The number of halogens is 3. The number of alkyl halides is 3. The molecule has 136 valence electrons. The van der Waals surface area contributed by atoms with Crippen molar-refractivity contribution in [3.05, 3.63) is 63.7 Å². The third kappa shape index (κ3) is 4.56. The van der Waals surface area contributed by atoms with Crippen LogP contribution in [0.3, 0.4) is 0 Å². The molecule has 0 atom stereocenters. The minimum atomic E-state index is -4.66. The second-order valence-electron chi connectivity index (χ2n) is 4.98. The Labute approximate surface area is 144 Å². The maximum absolute atomic E-state index is 12.9. The lowest BCUT2D eigenvalue weighted by Crippen LogP contribution is -2.22. The predicted molar refractivity (Wildman–Crippen MR) is 84.1 cm³/mol. The first kappa shape index (κ1) is 18.9. The third-order valence-electron chi connectivity index (χ3n) is 3.18. The molecule has 0 aliphatic heterocycles. The Balaban J connectivity index is 2.11. The second-order valence-corrected chi connectivity index (χ2v) is 4.98. The Morgan fingerprint density at radius 1 is 1.23 bits per heavy atom. The Bertz CT molecular complexity index is 852. The van der Waals surface area contributed by atoms with Crippen LogP contribution in [0.25, 0.3) is 0 Å². The molecular formula is C16H11F3N2O5. The van der Waals surface area contributed by atoms with Crippen LogP contribution in [0.5, 0.6) is 5.75 Å². The molecule has 0 aliphatic rings. The van der Waals surface area contributed by atoms with E-state index in [9.17, 15) is 32.9 Å². The van der Waals surface area contributed by atoms with E-state index in [2.05, 4.69) is 0 Å². The molecule has 0 radical (unpaired) electrons. The Kier molecular flexibility index (Phi) is 5.55. The summed E-state index contributed by atoms with van der Waals surface area (Å²) >= 11 is 0. The molecule has 1 amide bonds. The first-order valence-corrected chi connectivity index (χ1v) is 7.05. The first-order valence-electron chi connectivity index (χ1n) is 7.05. The van der Waals surface area contributed by atoms with Crippen molar-refractivity contribution in [1.82, 2.24) is 0 Å². The lowest BCUT2D eigenvalue weighted by Gasteiger charge is -2.13. The summed E-state index contributed by atoms with van der Waals surface area (Å²) in [6.45, 7) is -0.756. The normalized spacial score (nSPS) is 10.9. The van der Waals surface area contributed by atoms with Gasteiger partial charge in [0.1, 0.15) is 6.29 Å². The number of rotatable bonds is 6. The smallest absolute Gasteiger partial charge is 0.418 e. The molecule has 0 saturated heterocycles. The van der Waals surface area contributed by atoms with Gasteiger partial charge in [0.2, 0.25) is 0 Å². The highest BCUT2D eigenvalue weighted by Crippen LogP contribution is 2.34. The van der Waals surface area contributed by atoms with Gasteiger partial charge in [-0.25, -0.2) is 0 Å². The summed E-state index contributed by atoms with van der Waals surface area (Å²) in [4.78, 5) is 32.7. The van der Waals surface area contributed by atoms with Crippen LogP contribution in [0.4, 0.5) is 24.5 Å². The van der Waals surface area contributed by atoms with E-state index in [0.29, 0.717) is 6.29 Å². The minimum Gasteiger partial charge on any atom is -0.477 e. The predicted octanol–water partition coefficient (Wildman–Crippen LogP) is 3.44. The molecule has 0 fully saturated rings. The molecule has 26 heavy (non-hydrogen) atoms. The number of anilines is 1. The van der Waals surface area contributed by atoms with Gasteiger partial charge in [-0.15, -0.1) is 0 Å². The number of ether oxygens (including phenoxy) is 1. The quantitative estimate of drug-likeness (QED) is 0.478. The van der Waals surface area contributed by atoms with Crippen molar-refractivity contribution >= 4 is 23.6 Å². The maximum atomic E-state index is 12.9. The fourth-order valence-corrected chi connectivity index (χ4v) is 2.04. The summed E-state index contributed by atoms with van der Waals surface area (Å²) < 4.78 is 43.6. The molecule has 0 saturated carbocycles. The van der Waals surface area contributed by atoms with Gasteiger partial charge in [-0.1, -0.05) is 12.1 Å². The van der Waals surface area contributed by atoms with Gasteiger partial charge in [0, 0.05) is 11.6 Å². The van der Waals surface area contributed by atoms with E-state index in [1.165, 1.54) is 18.2 Å². The summed E-state index contributed by atoms with van der Waals surface area (Å²) in [6.07, 6.45) is -4.26. The van der Waals surface area contributed by atoms with Crippen molar-refractivity contribution in [2.45, 2.75) is 6.18 Å². The third-order valence-corrected chi connectivity index (χ3v) is 3.18. The molecule has 2 aromatic carbocycles. The van der Waals surface area contributed by atoms with E-state index in [1.807, 2.05) is 5.32 Å². The average molecular weight is 368 g/mol. The fraction of sp³-hybridized carbons (Fsp3) is 0.125. The summed E-state index contributed by atoms with van der Waals surface area (Å²) in [7, 11) is 0. The minimum absolute atomic E-state index is 0.0348. The van der Waals surface area contributed by atoms with Crippen molar-refractivity contribution in [2.75, 3.05) is 11.9 Å². The molecular weight excluding hydrogens is 357 g/mol. The van der Waals surface area contributed by atoms with Crippen LogP contribution in [-0.4, -0.2) is 23.7 Å². The summed E-state index contributed by atoms with van der Waals surface area (Å²) in [6, 6.07) is 7.69. The fourth-order valence-electron chi connectivity index (χ4n) is 2.04. The number of aldehydes is 1. The zero-order valence-electron chi connectivity index (χ0n) is 12.9. The Morgan fingerprint density at radius 3 is 2.54 bits per heavy atom. The van der Waals surface area contributed by atoms with E-state index < -0.39 is 40.6 Å². The van der Waals surface area contributed by atoms with Crippen LogP contribution in [0.15, 0.2) is 42.5 Å². The zero-order chi connectivity index (χ0) is 19.3. The topological polar surface area (TPSA) is 98.5 Å². The molecule has 0 spiro atoms. The summed E-state index contributed by atoms with van der Waals surface area (Å²) in [5, 5.41) is 13.0. The Morgan fingerprint density at radius 2 is 1.92 bits per heavy atom. The molecule has 0 aromatic heterocycles. The van der Waals surface area contributed by atoms with E-state index in [0.717, 1.165) is 24.3 Å². The molecule has 10 heteroatoms. The second kappa shape index (κ2) is 7.64. The monoisotopic (exact) mass is 368 g/mol. The van der Waals surface area contributed by atoms with E-state index in [4.69, 9.17) is 4.74 Å². The molecule has 2 aromatic rings. The highest BCUT2D eigenvalue weighted by Gasteiger charge is 2.33. The highest BCUT2D eigenvalue weighted by molar-refractivity contribution is 5.92. The van der Waals surface area contributed by atoms with E-state index in [1.54, 1.807) is 0 Å². The van der Waals surface area contributed by atoms with Crippen LogP contribution < -0.4 is 10.1 Å². The maximum Gasteiger partial charge on any atom is 0.418 e. The average Bonchev–Trinajstić information content (AvgIpc) is 2.59. The van der Waals surface area contributed by atoms with Crippen LogP contribution in [0.1, 0.15) is 15.9 Å². The lowest BCUT2D eigenvalue weighted by atomic mass is 10.1. The van der Waals surface area contributed by atoms with Gasteiger partial charge in [-0.2, -0.15) is 13.2 Å². The standard InChI is InChI=1S/C16H11F3N2O5/c17-16(18,19)11-3-1-2-4-12(11)20-15(23)9-26-14-6-5-10(8-22)7-13(14)21(24)25/h1-8H,9H2,(H,20,23). The van der Waals surface area contributed by atoms with Crippen LogP contribution in [0, 0.1) is 10.1 Å². The van der Waals surface area contributed by atoms with Gasteiger partial charge >= 0.3 is 11.9 Å². The van der Waals surface area contributed by atoms with Gasteiger partial charge in [-0.3, -0.25) is 19.7 Å². The Hall–Kier alpha value is -3.43. The summed E-state index contributed by atoms with van der Waals surface area (Å²) in [5.74, 6) is -1.23. The van der Waals surface area contributed by atoms with Crippen LogP contribution in [-0.2, 0) is 11.0 Å².